The Labute approximate surface area is 116 Å². The van der Waals surface area contributed by atoms with Crippen LogP contribution in [-0.4, -0.2) is 31.7 Å². The fraction of sp³-hybridized carbons (Fsp3) is 0.462. The molecular weight excluding hydrogens is 296 g/mol. The highest BCUT2D eigenvalue weighted by Gasteiger charge is 2.02. The lowest BCUT2D eigenvalue weighted by Crippen LogP contribution is -2.30. The van der Waals surface area contributed by atoms with Gasteiger partial charge in [-0.05, 0) is 32.0 Å². The zero-order chi connectivity index (χ0) is 13.4. The molecule has 0 aromatic heterocycles. The molecule has 18 heavy (non-hydrogen) atoms. The molecule has 0 fully saturated rings. The van der Waals surface area contributed by atoms with Gasteiger partial charge in [-0.2, -0.15) is 0 Å². The molecule has 100 valence electrons. The molecule has 1 aromatic carbocycles. The fourth-order valence-electron chi connectivity index (χ4n) is 1.34. The second-order valence-electron chi connectivity index (χ2n) is 4.15. The molecule has 0 radical (unpaired) electrons. The zero-order valence-corrected chi connectivity index (χ0v) is 12.3. The van der Waals surface area contributed by atoms with E-state index in [1.807, 2.05) is 38.1 Å². The molecule has 5 heteroatoms. The summed E-state index contributed by atoms with van der Waals surface area (Å²) in [6, 6.07) is 7.51. The largest absolute Gasteiger partial charge is 0.377 e. The molecule has 2 N–H and O–H groups in total. The summed E-state index contributed by atoms with van der Waals surface area (Å²) in [5.74, 6) is -0.0577. The first kappa shape index (κ1) is 15.1. The van der Waals surface area contributed by atoms with E-state index in [0.29, 0.717) is 13.2 Å². The van der Waals surface area contributed by atoms with E-state index in [1.54, 1.807) is 0 Å². The number of hydrogen-bond acceptors (Lipinski definition) is 3. The third kappa shape index (κ3) is 6.74. The van der Waals surface area contributed by atoms with E-state index in [4.69, 9.17) is 4.74 Å². The first-order chi connectivity index (χ1) is 8.58. The van der Waals surface area contributed by atoms with Crippen LogP contribution >= 0.6 is 15.9 Å². The normalized spacial score (nSPS) is 10.7. The molecule has 1 rings (SSSR count). The Morgan fingerprint density at radius 1 is 1.44 bits per heavy atom. The van der Waals surface area contributed by atoms with E-state index in [-0.39, 0.29) is 18.6 Å². The summed E-state index contributed by atoms with van der Waals surface area (Å²) in [5.41, 5.74) is 0.787. The standard InChI is InChI=1S/C13H19BrN2O2/c1-10(2)18-7-6-15-9-13(17)16-12-5-3-4-11(14)8-12/h3-5,8,10,15H,6-7,9H2,1-2H3,(H,16,17). The van der Waals surface area contributed by atoms with Crippen LogP contribution in [0.2, 0.25) is 0 Å². The van der Waals surface area contributed by atoms with Crippen molar-refractivity contribution in [3.63, 3.8) is 0 Å². The smallest absolute Gasteiger partial charge is 0.238 e. The number of rotatable bonds is 7. The molecule has 0 aliphatic heterocycles. The summed E-state index contributed by atoms with van der Waals surface area (Å²) in [7, 11) is 0. The van der Waals surface area contributed by atoms with Crippen LogP contribution in [0.15, 0.2) is 28.7 Å². The molecule has 0 saturated carbocycles. The average molecular weight is 315 g/mol. The molecule has 0 bridgehead atoms. The second-order valence-corrected chi connectivity index (χ2v) is 5.07. The maximum atomic E-state index is 11.6. The van der Waals surface area contributed by atoms with Gasteiger partial charge in [0, 0.05) is 16.7 Å². The van der Waals surface area contributed by atoms with E-state index < -0.39 is 0 Å². The molecule has 1 amide bonds. The molecule has 1 aromatic rings. The number of ether oxygens (including phenoxy) is 1. The lowest BCUT2D eigenvalue weighted by atomic mass is 10.3. The minimum atomic E-state index is -0.0577. The van der Waals surface area contributed by atoms with Gasteiger partial charge in [-0.1, -0.05) is 22.0 Å². The van der Waals surface area contributed by atoms with Crippen molar-refractivity contribution in [2.24, 2.45) is 0 Å². The summed E-state index contributed by atoms with van der Waals surface area (Å²) in [6.07, 6.45) is 0.224. The second kappa shape index (κ2) is 8.24. The van der Waals surface area contributed by atoms with Crippen LogP contribution in [0.1, 0.15) is 13.8 Å². The van der Waals surface area contributed by atoms with Crippen LogP contribution in [0.5, 0.6) is 0 Å². The van der Waals surface area contributed by atoms with Gasteiger partial charge in [-0.3, -0.25) is 4.79 Å². The fourth-order valence-corrected chi connectivity index (χ4v) is 1.74. The first-order valence-electron chi connectivity index (χ1n) is 5.95. The Kier molecular flexibility index (Phi) is 6.93. The van der Waals surface area contributed by atoms with Crippen molar-refractivity contribution in [3.05, 3.63) is 28.7 Å². The van der Waals surface area contributed by atoms with Crippen molar-refractivity contribution in [2.45, 2.75) is 20.0 Å². The molecule has 0 atom stereocenters. The number of hydrogen-bond donors (Lipinski definition) is 2. The Morgan fingerprint density at radius 3 is 2.89 bits per heavy atom. The number of carbonyl (C=O) groups is 1. The van der Waals surface area contributed by atoms with Crippen molar-refractivity contribution in [3.8, 4) is 0 Å². The Balaban J connectivity index is 2.18. The third-order valence-electron chi connectivity index (χ3n) is 2.12. The van der Waals surface area contributed by atoms with Crippen LogP contribution in [0.3, 0.4) is 0 Å². The number of nitrogens with one attached hydrogen (secondary N) is 2. The number of halogens is 1. The van der Waals surface area contributed by atoms with Gasteiger partial charge >= 0.3 is 0 Å². The highest BCUT2D eigenvalue weighted by atomic mass is 79.9. The highest BCUT2D eigenvalue weighted by Crippen LogP contribution is 2.15. The first-order valence-corrected chi connectivity index (χ1v) is 6.75. The van der Waals surface area contributed by atoms with E-state index in [0.717, 1.165) is 10.2 Å². The summed E-state index contributed by atoms with van der Waals surface area (Å²) in [4.78, 5) is 11.6. The predicted octanol–water partition coefficient (Wildman–Crippen LogP) is 2.40. The Hall–Kier alpha value is -0.910. The number of benzene rings is 1. The molecule has 0 saturated heterocycles. The van der Waals surface area contributed by atoms with Gasteiger partial charge in [-0.15, -0.1) is 0 Å². The van der Waals surface area contributed by atoms with Crippen LogP contribution in [0.4, 0.5) is 5.69 Å². The van der Waals surface area contributed by atoms with Gasteiger partial charge in [0.2, 0.25) is 5.91 Å². The maximum absolute atomic E-state index is 11.6. The van der Waals surface area contributed by atoms with Gasteiger partial charge in [0.25, 0.3) is 0 Å². The quantitative estimate of drug-likeness (QED) is 0.760. The summed E-state index contributed by atoms with van der Waals surface area (Å²) in [5, 5.41) is 5.84. The molecule has 0 unspecified atom stereocenters. The molecule has 4 nitrogen and oxygen atoms in total. The van der Waals surface area contributed by atoms with E-state index in [1.165, 1.54) is 0 Å². The summed E-state index contributed by atoms with van der Waals surface area (Å²) >= 11 is 3.36. The predicted molar refractivity (Wildman–Crippen MR) is 76.7 cm³/mol. The average Bonchev–Trinajstić information content (AvgIpc) is 2.28. The summed E-state index contributed by atoms with van der Waals surface area (Å²) < 4.78 is 6.30. The van der Waals surface area contributed by atoms with Crippen LogP contribution in [0, 0.1) is 0 Å². The SMILES string of the molecule is CC(C)OCCNCC(=O)Nc1cccc(Br)c1. The lowest BCUT2D eigenvalue weighted by Gasteiger charge is -2.09. The highest BCUT2D eigenvalue weighted by molar-refractivity contribution is 9.10. The minimum absolute atomic E-state index is 0.0577. The Morgan fingerprint density at radius 2 is 2.22 bits per heavy atom. The minimum Gasteiger partial charge on any atom is -0.377 e. The number of amides is 1. The number of carbonyl (C=O) groups excluding carboxylic acids is 1. The van der Waals surface area contributed by atoms with Crippen molar-refractivity contribution < 1.29 is 9.53 Å². The van der Waals surface area contributed by atoms with E-state index in [9.17, 15) is 4.79 Å². The summed E-state index contributed by atoms with van der Waals surface area (Å²) in [6.45, 7) is 5.54. The lowest BCUT2D eigenvalue weighted by molar-refractivity contribution is -0.115. The molecule has 0 heterocycles. The van der Waals surface area contributed by atoms with E-state index >= 15 is 0 Å². The van der Waals surface area contributed by atoms with Crippen LogP contribution in [-0.2, 0) is 9.53 Å². The van der Waals surface area contributed by atoms with Crippen molar-refractivity contribution in [1.82, 2.24) is 5.32 Å². The third-order valence-corrected chi connectivity index (χ3v) is 2.62. The number of anilines is 1. The van der Waals surface area contributed by atoms with Crippen molar-refractivity contribution >= 4 is 27.5 Å². The van der Waals surface area contributed by atoms with E-state index in [2.05, 4.69) is 26.6 Å². The monoisotopic (exact) mass is 314 g/mol. The van der Waals surface area contributed by atoms with Gasteiger partial charge < -0.3 is 15.4 Å². The maximum Gasteiger partial charge on any atom is 0.238 e. The molecule has 0 aliphatic rings. The van der Waals surface area contributed by atoms with Gasteiger partial charge in [0.15, 0.2) is 0 Å². The molecule has 0 aliphatic carbocycles. The van der Waals surface area contributed by atoms with Crippen molar-refractivity contribution in [1.29, 1.82) is 0 Å². The van der Waals surface area contributed by atoms with Crippen LogP contribution in [0.25, 0.3) is 0 Å². The topological polar surface area (TPSA) is 50.4 Å². The van der Waals surface area contributed by atoms with Gasteiger partial charge in [0.1, 0.15) is 0 Å². The van der Waals surface area contributed by atoms with Gasteiger partial charge in [0.05, 0.1) is 19.3 Å². The Bertz CT molecular complexity index is 383. The molecular formula is C13H19BrN2O2. The van der Waals surface area contributed by atoms with Crippen molar-refractivity contribution in [2.75, 3.05) is 25.0 Å². The van der Waals surface area contributed by atoms with Gasteiger partial charge in [-0.25, -0.2) is 0 Å². The zero-order valence-electron chi connectivity index (χ0n) is 10.7. The molecule has 0 spiro atoms. The van der Waals surface area contributed by atoms with Crippen LogP contribution < -0.4 is 10.6 Å².